The highest BCUT2D eigenvalue weighted by atomic mass is 16.4. The number of hydrogen-bond donors (Lipinski definition) is 1. The molecule has 1 N–H and O–H groups in total. The van der Waals surface area contributed by atoms with Crippen molar-refractivity contribution >= 4 is 11.8 Å². The summed E-state index contributed by atoms with van der Waals surface area (Å²) in [6.45, 7) is 1.85. The van der Waals surface area contributed by atoms with Gasteiger partial charge in [-0.25, -0.2) is 9.97 Å². The smallest absolute Gasteiger partial charge is 0.303 e. The van der Waals surface area contributed by atoms with E-state index in [2.05, 4.69) is 48.2 Å². The molecule has 0 saturated carbocycles. The second kappa shape index (κ2) is 11.3. The van der Waals surface area contributed by atoms with Crippen LogP contribution < -0.4 is 4.90 Å². The lowest BCUT2D eigenvalue weighted by molar-refractivity contribution is -0.137. The maximum atomic E-state index is 10.8. The zero-order valence-corrected chi connectivity index (χ0v) is 20.2. The van der Waals surface area contributed by atoms with Crippen LogP contribution in [0.15, 0.2) is 60.7 Å². The molecule has 0 amide bonds. The predicted molar refractivity (Wildman–Crippen MR) is 137 cm³/mol. The Balaban J connectivity index is 1.68. The molecule has 0 bridgehead atoms. The number of nitrogens with zero attached hydrogens (tertiary/aromatic N) is 4. The molecule has 4 rings (SSSR count). The van der Waals surface area contributed by atoms with Crippen molar-refractivity contribution < 1.29 is 9.90 Å². The Labute approximate surface area is 202 Å². The standard InChI is InChI=1S/C28H34N4O2/c1-31(2)23-18-20-32(19-12-4-3-11-17-24(33)34)28-27(23)29-25(21-13-7-5-8-14-21)26(30-28)22-15-9-6-10-16-22/h5-10,13-16,23H,3-4,11-12,17-20H2,1-2H3,(H,33,34). The topological polar surface area (TPSA) is 69.6 Å². The quantitative estimate of drug-likeness (QED) is 0.396. The number of aliphatic carboxylic acids is 1. The van der Waals surface area contributed by atoms with Crippen LogP contribution in [-0.4, -0.2) is 53.1 Å². The Morgan fingerprint density at radius 3 is 2.09 bits per heavy atom. The van der Waals surface area contributed by atoms with Crippen molar-refractivity contribution in [1.82, 2.24) is 14.9 Å². The van der Waals surface area contributed by atoms with E-state index in [1.165, 1.54) is 0 Å². The number of carboxylic acid groups (broad SMARTS) is 1. The SMILES string of the molecule is CN(C)C1CCN(CCCCCCC(=O)O)c2nc(-c3ccccc3)c(-c3ccccc3)nc21. The van der Waals surface area contributed by atoms with Gasteiger partial charge in [0.2, 0.25) is 0 Å². The first kappa shape index (κ1) is 23.9. The molecule has 0 radical (unpaired) electrons. The lowest BCUT2D eigenvalue weighted by Gasteiger charge is -2.37. The second-order valence-corrected chi connectivity index (χ2v) is 9.17. The van der Waals surface area contributed by atoms with E-state index in [9.17, 15) is 4.79 Å². The van der Waals surface area contributed by atoms with E-state index in [4.69, 9.17) is 15.1 Å². The highest BCUT2D eigenvalue weighted by Crippen LogP contribution is 2.39. The molecule has 3 aromatic rings. The van der Waals surface area contributed by atoms with Gasteiger partial charge in [0.05, 0.1) is 17.4 Å². The number of fused-ring (bicyclic) bond motifs is 1. The molecule has 2 aromatic carbocycles. The third kappa shape index (κ3) is 5.62. The molecule has 178 valence electrons. The second-order valence-electron chi connectivity index (χ2n) is 9.17. The normalized spacial score (nSPS) is 15.4. The molecule has 1 unspecified atom stereocenters. The average Bonchev–Trinajstić information content (AvgIpc) is 2.86. The molecule has 1 aliphatic rings. The third-order valence-corrected chi connectivity index (χ3v) is 6.48. The number of benzene rings is 2. The van der Waals surface area contributed by atoms with Gasteiger partial charge in [-0.1, -0.05) is 73.5 Å². The monoisotopic (exact) mass is 458 g/mol. The first-order chi connectivity index (χ1) is 16.5. The first-order valence-electron chi connectivity index (χ1n) is 12.2. The fourth-order valence-electron chi connectivity index (χ4n) is 4.66. The van der Waals surface area contributed by atoms with Crippen LogP contribution in [0, 0.1) is 0 Å². The summed E-state index contributed by atoms with van der Waals surface area (Å²) in [5.74, 6) is 0.270. The molecule has 6 nitrogen and oxygen atoms in total. The van der Waals surface area contributed by atoms with Gasteiger partial charge in [0.15, 0.2) is 5.82 Å². The minimum absolute atomic E-state index is 0.224. The van der Waals surface area contributed by atoms with E-state index in [0.717, 1.165) is 79.2 Å². The van der Waals surface area contributed by atoms with E-state index in [-0.39, 0.29) is 12.5 Å². The molecule has 1 atom stereocenters. The van der Waals surface area contributed by atoms with Crippen LogP contribution in [0.3, 0.4) is 0 Å². The zero-order valence-electron chi connectivity index (χ0n) is 20.2. The Morgan fingerprint density at radius 2 is 1.50 bits per heavy atom. The van der Waals surface area contributed by atoms with Crippen molar-refractivity contribution in [2.75, 3.05) is 32.1 Å². The molecule has 1 aliphatic heterocycles. The van der Waals surface area contributed by atoms with Crippen LogP contribution in [0.1, 0.15) is 50.3 Å². The van der Waals surface area contributed by atoms with Crippen molar-refractivity contribution in [3.8, 4) is 22.5 Å². The van der Waals surface area contributed by atoms with Gasteiger partial charge in [-0.05, 0) is 33.4 Å². The molecule has 0 aliphatic carbocycles. The molecule has 34 heavy (non-hydrogen) atoms. The minimum atomic E-state index is -0.711. The summed E-state index contributed by atoms with van der Waals surface area (Å²) in [5, 5.41) is 8.85. The van der Waals surface area contributed by atoms with Crippen LogP contribution in [0.2, 0.25) is 0 Å². The number of aromatic nitrogens is 2. The summed E-state index contributed by atoms with van der Waals surface area (Å²) >= 11 is 0. The van der Waals surface area contributed by atoms with Gasteiger partial charge in [-0.3, -0.25) is 4.79 Å². The lowest BCUT2D eigenvalue weighted by Crippen LogP contribution is -2.37. The third-order valence-electron chi connectivity index (χ3n) is 6.48. The number of carbonyl (C=O) groups is 1. The molecule has 2 heterocycles. The average molecular weight is 459 g/mol. The van der Waals surface area contributed by atoms with E-state index in [1.807, 2.05) is 36.4 Å². The fourth-order valence-corrected chi connectivity index (χ4v) is 4.66. The molecule has 0 spiro atoms. The van der Waals surface area contributed by atoms with Crippen LogP contribution in [0.4, 0.5) is 5.82 Å². The van der Waals surface area contributed by atoms with Gasteiger partial charge in [0.1, 0.15) is 5.69 Å². The molecular formula is C28H34N4O2. The van der Waals surface area contributed by atoms with Gasteiger partial charge in [0.25, 0.3) is 0 Å². The van der Waals surface area contributed by atoms with Crippen molar-refractivity contribution in [3.63, 3.8) is 0 Å². The van der Waals surface area contributed by atoms with Gasteiger partial charge in [-0.2, -0.15) is 0 Å². The summed E-state index contributed by atoms with van der Waals surface area (Å²) in [6.07, 6.45) is 5.00. The predicted octanol–water partition coefficient (Wildman–Crippen LogP) is 5.66. The summed E-state index contributed by atoms with van der Waals surface area (Å²) in [5.41, 5.74) is 5.02. The zero-order chi connectivity index (χ0) is 23.9. The molecule has 0 saturated heterocycles. The molecule has 6 heteroatoms. The summed E-state index contributed by atoms with van der Waals surface area (Å²) in [7, 11) is 4.23. The van der Waals surface area contributed by atoms with Crippen LogP contribution in [0.5, 0.6) is 0 Å². The maximum Gasteiger partial charge on any atom is 0.303 e. The largest absolute Gasteiger partial charge is 0.481 e. The Bertz CT molecular complexity index is 1090. The Kier molecular flexibility index (Phi) is 7.91. The van der Waals surface area contributed by atoms with Crippen LogP contribution >= 0.6 is 0 Å². The van der Waals surface area contributed by atoms with Crippen LogP contribution in [-0.2, 0) is 4.79 Å². The molecular weight excluding hydrogens is 424 g/mol. The summed E-state index contributed by atoms with van der Waals surface area (Å²) < 4.78 is 0. The van der Waals surface area contributed by atoms with Crippen molar-refractivity contribution in [1.29, 1.82) is 0 Å². The van der Waals surface area contributed by atoms with E-state index >= 15 is 0 Å². The number of unbranched alkanes of at least 4 members (excludes halogenated alkanes) is 3. The number of rotatable bonds is 10. The Morgan fingerprint density at radius 1 is 0.912 bits per heavy atom. The van der Waals surface area contributed by atoms with E-state index < -0.39 is 5.97 Å². The van der Waals surface area contributed by atoms with E-state index in [0.29, 0.717) is 0 Å². The lowest BCUT2D eigenvalue weighted by atomic mass is 9.99. The highest BCUT2D eigenvalue weighted by molar-refractivity contribution is 5.79. The van der Waals surface area contributed by atoms with Gasteiger partial charge in [0, 0.05) is 30.6 Å². The van der Waals surface area contributed by atoms with Gasteiger partial charge >= 0.3 is 5.97 Å². The van der Waals surface area contributed by atoms with Crippen molar-refractivity contribution in [3.05, 3.63) is 66.4 Å². The van der Waals surface area contributed by atoms with Crippen molar-refractivity contribution in [2.45, 2.75) is 44.6 Å². The van der Waals surface area contributed by atoms with Gasteiger partial charge in [-0.15, -0.1) is 0 Å². The highest BCUT2D eigenvalue weighted by Gasteiger charge is 2.31. The molecule has 1 aromatic heterocycles. The number of hydrogen-bond acceptors (Lipinski definition) is 5. The fraction of sp³-hybridized carbons (Fsp3) is 0.393. The van der Waals surface area contributed by atoms with E-state index in [1.54, 1.807) is 0 Å². The minimum Gasteiger partial charge on any atom is -0.481 e. The number of anilines is 1. The van der Waals surface area contributed by atoms with Crippen molar-refractivity contribution in [2.24, 2.45) is 0 Å². The molecule has 0 fully saturated rings. The Hall–Kier alpha value is -3.25. The summed E-state index contributed by atoms with van der Waals surface area (Å²) in [6, 6.07) is 20.9. The summed E-state index contributed by atoms with van der Waals surface area (Å²) in [4.78, 5) is 25.9. The number of carboxylic acids is 1. The van der Waals surface area contributed by atoms with Gasteiger partial charge < -0.3 is 14.9 Å². The first-order valence-corrected chi connectivity index (χ1v) is 12.2. The van der Waals surface area contributed by atoms with Crippen LogP contribution in [0.25, 0.3) is 22.5 Å². The maximum absolute atomic E-state index is 10.8.